The van der Waals surface area contributed by atoms with Crippen LogP contribution in [0.5, 0.6) is 0 Å². The fourth-order valence-corrected chi connectivity index (χ4v) is 6.39. The maximum Gasteiger partial charge on any atom is 0.230 e. The smallest absolute Gasteiger partial charge is 0.230 e. The normalized spacial score (nSPS) is 34.0. The summed E-state index contributed by atoms with van der Waals surface area (Å²) in [7, 11) is 0. The van der Waals surface area contributed by atoms with E-state index in [1.807, 2.05) is 0 Å². The van der Waals surface area contributed by atoms with Gasteiger partial charge < -0.3 is 10.2 Å². The number of hydrogen-bond donors (Lipinski definition) is 1. The minimum atomic E-state index is -0.123. The molecule has 1 aromatic rings. The highest BCUT2D eigenvalue weighted by Gasteiger charge is 2.55. The van der Waals surface area contributed by atoms with E-state index < -0.39 is 0 Å². The van der Waals surface area contributed by atoms with Crippen LogP contribution in [0.25, 0.3) is 0 Å². The van der Waals surface area contributed by atoms with Gasteiger partial charge in [0.15, 0.2) is 0 Å². The van der Waals surface area contributed by atoms with Crippen molar-refractivity contribution in [2.24, 2.45) is 5.41 Å². The standard InChI is InChI=1S/C23H33N3O/c1-2-23(16-19-8-9-21(23)24-19)22(27)26-11-5-10-25(12-13-26)20-14-17-6-3-4-7-18(17)15-20/h3-4,6-7,19-21,24H,2,5,8-16H2,1H3/t19-,21+,23+/m0/s1. The van der Waals surface area contributed by atoms with E-state index in [0.29, 0.717) is 24.0 Å². The molecule has 3 fully saturated rings. The molecular formula is C23H33N3O. The van der Waals surface area contributed by atoms with Crippen molar-refractivity contribution in [1.29, 1.82) is 0 Å². The molecule has 4 heteroatoms. The number of fused-ring (bicyclic) bond motifs is 3. The van der Waals surface area contributed by atoms with Crippen LogP contribution in [0, 0.1) is 5.41 Å². The SMILES string of the molecule is CC[C@@]1(C(=O)N2CCCN(C3Cc4ccccc4C3)CC2)C[C@@H]2CC[C@H]1N2. The van der Waals surface area contributed by atoms with Gasteiger partial charge in [-0.15, -0.1) is 0 Å². The number of benzene rings is 1. The average molecular weight is 368 g/mol. The van der Waals surface area contributed by atoms with Crippen molar-refractivity contribution < 1.29 is 4.79 Å². The second-order valence-electron chi connectivity index (χ2n) is 9.22. The Balaban J connectivity index is 1.25. The number of amides is 1. The molecule has 0 aromatic heterocycles. The molecule has 3 saturated heterocycles. The molecule has 1 N–H and O–H groups in total. The highest BCUT2D eigenvalue weighted by atomic mass is 16.2. The van der Waals surface area contributed by atoms with E-state index in [9.17, 15) is 4.79 Å². The van der Waals surface area contributed by atoms with Crippen LogP contribution in [0.3, 0.4) is 0 Å². The van der Waals surface area contributed by atoms with Crippen LogP contribution in [0.4, 0.5) is 0 Å². The molecule has 1 aliphatic carbocycles. The molecule has 27 heavy (non-hydrogen) atoms. The Kier molecular flexibility index (Phi) is 4.52. The second kappa shape index (κ2) is 6.89. The Morgan fingerprint density at radius 3 is 2.52 bits per heavy atom. The van der Waals surface area contributed by atoms with Crippen molar-refractivity contribution in [3.8, 4) is 0 Å². The lowest BCUT2D eigenvalue weighted by atomic mass is 9.71. The third-order valence-electron chi connectivity index (χ3n) is 7.94. The minimum Gasteiger partial charge on any atom is -0.341 e. The van der Waals surface area contributed by atoms with E-state index in [1.54, 1.807) is 0 Å². The lowest BCUT2D eigenvalue weighted by Gasteiger charge is -2.38. The van der Waals surface area contributed by atoms with Crippen LogP contribution in [-0.4, -0.2) is 60.0 Å². The van der Waals surface area contributed by atoms with Gasteiger partial charge in [-0.1, -0.05) is 31.2 Å². The van der Waals surface area contributed by atoms with Gasteiger partial charge in [-0.05, 0) is 56.1 Å². The van der Waals surface area contributed by atoms with Crippen LogP contribution in [-0.2, 0) is 17.6 Å². The van der Waals surface area contributed by atoms with Gasteiger partial charge in [0, 0.05) is 44.3 Å². The quantitative estimate of drug-likeness (QED) is 0.892. The van der Waals surface area contributed by atoms with Gasteiger partial charge in [-0.25, -0.2) is 0 Å². The van der Waals surface area contributed by atoms with Gasteiger partial charge in [-0.3, -0.25) is 9.69 Å². The zero-order valence-corrected chi connectivity index (χ0v) is 16.6. The molecule has 146 valence electrons. The van der Waals surface area contributed by atoms with Crippen molar-refractivity contribution in [3.63, 3.8) is 0 Å². The lowest BCUT2D eigenvalue weighted by molar-refractivity contribution is -0.143. The number of carbonyl (C=O) groups excluding carboxylic acids is 1. The first-order valence-electron chi connectivity index (χ1n) is 11.1. The Bertz CT molecular complexity index is 694. The van der Waals surface area contributed by atoms with Crippen molar-refractivity contribution in [2.75, 3.05) is 26.2 Å². The topological polar surface area (TPSA) is 35.6 Å². The van der Waals surface area contributed by atoms with Crippen LogP contribution in [0.15, 0.2) is 24.3 Å². The zero-order chi connectivity index (χ0) is 18.4. The molecule has 3 heterocycles. The Hall–Kier alpha value is -1.39. The minimum absolute atomic E-state index is 0.123. The monoisotopic (exact) mass is 367 g/mol. The number of hydrogen-bond acceptors (Lipinski definition) is 3. The molecule has 5 rings (SSSR count). The highest BCUT2D eigenvalue weighted by Crippen LogP contribution is 2.47. The molecule has 4 aliphatic rings. The first-order chi connectivity index (χ1) is 13.2. The van der Waals surface area contributed by atoms with Gasteiger partial charge in [0.05, 0.1) is 5.41 Å². The summed E-state index contributed by atoms with van der Waals surface area (Å²) in [4.78, 5) is 18.4. The van der Waals surface area contributed by atoms with E-state index in [4.69, 9.17) is 0 Å². The van der Waals surface area contributed by atoms with Crippen LogP contribution in [0.2, 0.25) is 0 Å². The maximum atomic E-state index is 13.6. The summed E-state index contributed by atoms with van der Waals surface area (Å²) >= 11 is 0. The summed E-state index contributed by atoms with van der Waals surface area (Å²) in [5, 5.41) is 3.71. The van der Waals surface area contributed by atoms with Crippen LogP contribution < -0.4 is 5.32 Å². The summed E-state index contributed by atoms with van der Waals surface area (Å²) in [6.45, 7) is 6.23. The molecule has 2 bridgehead atoms. The van der Waals surface area contributed by atoms with Crippen molar-refractivity contribution in [3.05, 3.63) is 35.4 Å². The first kappa shape index (κ1) is 17.7. The molecule has 1 aromatic carbocycles. The maximum absolute atomic E-state index is 13.6. The van der Waals surface area contributed by atoms with Crippen molar-refractivity contribution in [2.45, 2.75) is 70.0 Å². The summed E-state index contributed by atoms with van der Waals surface area (Å²) in [5.74, 6) is 0.446. The van der Waals surface area contributed by atoms with Gasteiger partial charge >= 0.3 is 0 Å². The third kappa shape index (κ3) is 2.92. The van der Waals surface area contributed by atoms with Gasteiger partial charge in [0.2, 0.25) is 5.91 Å². The number of rotatable bonds is 3. The van der Waals surface area contributed by atoms with Crippen molar-refractivity contribution >= 4 is 5.91 Å². The fourth-order valence-electron chi connectivity index (χ4n) is 6.39. The molecule has 1 amide bonds. The summed E-state index contributed by atoms with van der Waals surface area (Å²) in [6.07, 6.45) is 7.96. The molecule has 0 unspecified atom stereocenters. The summed E-state index contributed by atoms with van der Waals surface area (Å²) in [5.41, 5.74) is 2.93. The number of nitrogens with zero attached hydrogens (tertiary/aromatic N) is 2. The summed E-state index contributed by atoms with van der Waals surface area (Å²) in [6, 6.07) is 10.5. The first-order valence-corrected chi connectivity index (χ1v) is 11.1. The Labute approximate surface area is 163 Å². The second-order valence-corrected chi connectivity index (χ2v) is 9.22. The van der Waals surface area contributed by atoms with E-state index in [1.165, 1.54) is 36.8 Å². The van der Waals surface area contributed by atoms with Crippen LogP contribution in [0.1, 0.15) is 50.2 Å². The molecule has 0 radical (unpaired) electrons. The van der Waals surface area contributed by atoms with E-state index >= 15 is 0 Å². The molecular weight excluding hydrogens is 334 g/mol. The van der Waals surface area contributed by atoms with Crippen LogP contribution >= 0.6 is 0 Å². The van der Waals surface area contributed by atoms with Gasteiger partial charge in [-0.2, -0.15) is 0 Å². The van der Waals surface area contributed by atoms with Gasteiger partial charge in [0.25, 0.3) is 0 Å². The third-order valence-corrected chi connectivity index (χ3v) is 7.94. The van der Waals surface area contributed by atoms with E-state index in [-0.39, 0.29) is 5.41 Å². The summed E-state index contributed by atoms with van der Waals surface area (Å²) < 4.78 is 0. The molecule has 0 spiro atoms. The number of nitrogens with one attached hydrogen (secondary N) is 1. The fraction of sp³-hybridized carbons (Fsp3) is 0.696. The van der Waals surface area contributed by atoms with E-state index in [2.05, 4.69) is 46.3 Å². The Morgan fingerprint density at radius 1 is 1.11 bits per heavy atom. The molecule has 4 nitrogen and oxygen atoms in total. The highest BCUT2D eigenvalue weighted by molar-refractivity contribution is 5.84. The molecule has 3 atom stereocenters. The molecule has 0 saturated carbocycles. The average Bonchev–Trinajstić information content (AvgIpc) is 3.37. The zero-order valence-electron chi connectivity index (χ0n) is 16.6. The van der Waals surface area contributed by atoms with E-state index in [0.717, 1.165) is 45.4 Å². The largest absolute Gasteiger partial charge is 0.341 e. The Morgan fingerprint density at radius 2 is 1.89 bits per heavy atom. The van der Waals surface area contributed by atoms with Gasteiger partial charge in [0.1, 0.15) is 0 Å². The predicted molar refractivity (Wildman–Crippen MR) is 108 cm³/mol. The lowest BCUT2D eigenvalue weighted by Crippen LogP contribution is -2.51. The molecule has 3 aliphatic heterocycles. The number of carbonyl (C=O) groups is 1. The predicted octanol–water partition coefficient (Wildman–Crippen LogP) is 2.61. The van der Waals surface area contributed by atoms with Crippen molar-refractivity contribution in [1.82, 2.24) is 15.1 Å².